The lowest BCUT2D eigenvalue weighted by Gasteiger charge is -2.15. The van der Waals surface area contributed by atoms with Crippen LogP contribution >= 0.6 is 0 Å². The molecule has 5 heteroatoms. The molecular formula is C38H20N4O. The van der Waals surface area contributed by atoms with Gasteiger partial charge in [-0.2, -0.15) is 10.5 Å². The molecular weight excluding hydrogens is 528 g/mol. The average Bonchev–Trinajstić information content (AvgIpc) is 3.72. The predicted octanol–water partition coefficient (Wildman–Crippen LogP) is 9.52. The van der Waals surface area contributed by atoms with Gasteiger partial charge in [-0.25, -0.2) is 0 Å². The molecule has 0 saturated heterocycles. The summed E-state index contributed by atoms with van der Waals surface area (Å²) in [5.74, 6) is 0. The third kappa shape index (κ3) is 3.14. The normalized spacial score (nSPS) is 11.7. The van der Waals surface area contributed by atoms with Crippen LogP contribution in [-0.2, 0) is 0 Å². The highest BCUT2D eigenvalue weighted by molar-refractivity contribution is 6.17. The Morgan fingerprint density at radius 2 is 1.09 bits per heavy atom. The van der Waals surface area contributed by atoms with E-state index in [1.165, 1.54) is 0 Å². The van der Waals surface area contributed by atoms with Crippen LogP contribution in [0.15, 0.2) is 126 Å². The SMILES string of the molecule is N#Cc1ccc2c(c1)c1cc(C#N)cc(-n3c4ccccc4c4ccccc43)c1n2-c1cccc2c1oc1ccccc12. The Morgan fingerprint density at radius 3 is 1.84 bits per heavy atom. The molecule has 0 aliphatic rings. The zero-order chi connectivity index (χ0) is 28.7. The summed E-state index contributed by atoms with van der Waals surface area (Å²) in [5.41, 5.74) is 8.47. The molecule has 0 amide bonds. The molecule has 0 unspecified atom stereocenters. The minimum atomic E-state index is 0.549. The van der Waals surface area contributed by atoms with E-state index >= 15 is 0 Å². The van der Waals surface area contributed by atoms with Crippen LogP contribution in [0, 0.1) is 22.7 Å². The van der Waals surface area contributed by atoms with E-state index in [9.17, 15) is 10.5 Å². The lowest BCUT2D eigenvalue weighted by molar-refractivity contribution is 0.666. The fourth-order valence-electron chi connectivity index (χ4n) is 6.77. The Kier molecular flexibility index (Phi) is 4.68. The van der Waals surface area contributed by atoms with E-state index in [4.69, 9.17) is 4.42 Å². The molecule has 0 atom stereocenters. The predicted molar refractivity (Wildman–Crippen MR) is 172 cm³/mol. The highest BCUT2D eigenvalue weighted by atomic mass is 16.3. The Labute approximate surface area is 245 Å². The lowest BCUT2D eigenvalue weighted by Crippen LogP contribution is -2.01. The van der Waals surface area contributed by atoms with Crippen LogP contribution < -0.4 is 0 Å². The smallest absolute Gasteiger partial charge is 0.159 e. The standard InChI is InChI=1S/C38H20N4O/c39-21-23-16-17-33-29(18-23)30-19-24(22-40)20-35(41-31-12-4-1-8-25(31)26-9-2-5-13-32(26)41)37(30)42(33)34-14-7-11-28-27-10-3-6-15-36(27)43-38(28)34/h1-20H. The van der Waals surface area contributed by atoms with Gasteiger partial charge in [-0.15, -0.1) is 0 Å². The van der Waals surface area contributed by atoms with Crippen LogP contribution in [0.25, 0.3) is 76.9 Å². The molecule has 0 aliphatic carbocycles. The van der Waals surface area contributed by atoms with Crippen molar-refractivity contribution in [1.82, 2.24) is 9.13 Å². The van der Waals surface area contributed by atoms with E-state index < -0.39 is 0 Å². The van der Waals surface area contributed by atoms with Gasteiger partial charge in [0.25, 0.3) is 0 Å². The Bertz CT molecular complexity index is 2650. The van der Waals surface area contributed by atoms with Crippen molar-refractivity contribution in [2.45, 2.75) is 0 Å². The van der Waals surface area contributed by atoms with Gasteiger partial charge in [0.05, 0.1) is 56.7 Å². The van der Waals surface area contributed by atoms with Crippen LogP contribution in [0.3, 0.4) is 0 Å². The molecule has 0 radical (unpaired) electrons. The number of nitrogens with zero attached hydrogens (tertiary/aromatic N) is 4. The fraction of sp³-hybridized carbons (Fsp3) is 0. The van der Waals surface area contributed by atoms with Gasteiger partial charge in [-0.3, -0.25) is 0 Å². The summed E-state index contributed by atoms with van der Waals surface area (Å²) in [6.45, 7) is 0. The highest BCUT2D eigenvalue weighted by Crippen LogP contribution is 2.42. The molecule has 198 valence electrons. The maximum atomic E-state index is 10.2. The van der Waals surface area contributed by atoms with Gasteiger partial charge in [0.15, 0.2) is 5.58 Å². The molecule has 3 heterocycles. The van der Waals surface area contributed by atoms with Crippen LogP contribution in [0.2, 0.25) is 0 Å². The van der Waals surface area contributed by atoms with E-state index in [1.54, 1.807) is 0 Å². The Hall–Kier alpha value is -6.30. The van der Waals surface area contributed by atoms with Crippen molar-refractivity contribution < 1.29 is 4.42 Å². The van der Waals surface area contributed by atoms with E-state index in [2.05, 4.69) is 81.9 Å². The molecule has 5 nitrogen and oxygen atoms in total. The Morgan fingerprint density at radius 1 is 0.465 bits per heavy atom. The van der Waals surface area contributed by atoms with Gasteiger partial charge >= 0.3 is 0 Å². The number of para-hydroxylation sites is 4. The molecule has 0 N–H and O–H groups in total. The minimum absolute atomic E-state index is 0.549. The van der Waals surface area contributed by atoms with Gasteiger partial charge in [0, 0.05) is 32.3 Å². The van der Waals surface area contributed by atoms with Crippen LogP contribution in [0.4, 0.5) is 0 Å². The summed E-state index contributed by atoms with van der Waals surface area (Å²) in [6, 6.07) is 45.4. The fourth-order valence-corrected chi connectivity index (χ4v) is 6.77. The van der Waals surface area contributed by atoms with Gasteiger partial charge in [0.2, 0.25) is 0 Å². The maximum Gasteiger partial charge on any atom is 0.159 e. The van der Waals surface area contributed by atoms with Crippen molar-refractivity contribution in [2.24, 2.45) is 0 Å². The average molecular weight is 549 g/mol. The maximum absolute atomic E-state index is 10.2. The van der Waals surface area contributed by atoms with Gasteiger partial charge in [0.1, 0.15) is 5.58 Å². The number of hydrogen-bond donors (Lipinski definition) is 0. The quantitative estimate of drug-likeness (QED) is 0.216. The number of benzene rings is 6. The number of nitriles is 2. The first-order valence-electron chi connectivity index (χ1n) is 14.1. The van der Waals surface area contributed by atoms with E-state index in [0.717, 1.165) is 76.9 Å². The first kappa shape index (κ1) is 23.4. The molecule has 0 bridgehead atoms. The molecule has 43 heavy (non-hydrogen) atoms. The summed E-state index contributed by atoms with van der Waals surface area (Å²) in [5, 5.41) is 26.2. The molecule has 9 aromatic rings. The highest BCUT2D eigenvalue weighted by Gasteiger charge is 2.23. The molecule has 6 aromatic carbocycles. The molecule has 3 aromatic heterocycles. The zero-order valence-corrected chi connectivity index (χ0v) is 22.7. The summed E-state index contributed by atoms with van der Waals surface area (Å²) in [6.07, 6.45) is 0. The second kappa shape index (κ2) is 8.60. The second-order valence-electron chi connectivity index (χ2n) is 10.8. The second-order valence-corrected chi connectivity index (χ2v) is 10.8. The first-order valence-corrected chi connectivity index (χ1v) is 14.1. The van der Waals surface area contributed by atoms with E-state index in [-0.39, 0.29) is 0 Å². The summed E-state index contributed by atoms with van der Waals surface area (Å²) >= 11 is 0. The topological polar surface area (TPSA) is 70.6 Å². The number of furan rings is 1. The van der Waals surface area contributed by atoms with Crippen molar-refractivity contribution in [1.29, 1.82) is 10.5 Å². The van der Waals surface area contributed by atoms with Crippen molar-refractivity contribution >= 4 is 65.6 Å². The third-order valence-electron chi connectivity index (χ3n) is 8.54. The molecule has 0 spiro atoms. The molecule has 0 fully saturated rings. The number of rotatable bonds is 2. The first-order chi connectivity index (χ1) is 21.2. The summed E-state index contributed by atoms with van der Waals surface area (Å²) in [4.78, 5) is 0. The monoisotopic (exact) mass is 548 g/mol. The minimum Gasteiger partial charge on any atom is -0.454 e. The van der Waals surface area contributed by atoms with Crippen molar-refractivity contribution in [3.05, 3.63) is 132 Å². The number of aromatic nitrogens is 2. The lowest BCUT2D eigenvalue weighted by atomic mass is 10.1. The van der Waals surface area contributed by atoms with Crippen molar-refractivity contribution in [3.8, 4) is 23.5 Å². The Balaban J connectivity index is 1.54. The van der Waals surface area contributed by atoms with Crippen molar-refractivity contribution in [2.75, 3.05) is 0 Å². The van der Waals surface area contributed by atoms with E-state index in [0.29, 0.717) is 11.1 Å². The largest absolute Gasteiger partial charge is 0.454 e. The molecule has 0 aliphatic heterocycles. The zero-order valence-electron chi connectivity index (χ0n) is 22.7. The van der Waals surface area contributed by atoms with Gasteiger partial charge < -0.3 is 13.6 Å². The van der Waals surface area contributed by atoms with E-state index in [1.807, 2.05) is 60.7 Å². The molecule has 0 saturated carbocycles. The summed E-state index contributed by atoms with van der Waals surface area (Å²) < 4.78 is 11.0. The van der Waals surface area contributed by atoms with Gasteiger partial charge in [-0.05, 0) is 54.6 Å². The molecule has 9 rings (SSSR count). The third-order valence-corrected chi connectivity index (χ3v) is 8.54. The summed E-state index contributed by atoms with van der Waals surface area (Å²) in [7, 11) is 0. The van der Waals surface area contributed by atoms with Gasteiger partial charge in [-0.1, -0.05) is 66.7 Å². The van der Waals surface area contributed by atoms with Crippen LogP contribution in [0.5, 0.6) is 0 Å². The number of fused-ring (bicyclic) bond motifs is 9. The van der Waals surface area contributed by atoms with Crippen molar-refractivity contribution in [3.63, 3.8) is 0 Å². The number of hydrogen-bond acceptors (Lipinski definition) is 3. The van der Waals surface area contributed by atoms with Crippen LogP contribution in [0.1, 0.15) is 11.1 Å². The van der Waals surface area contributed by atoms with Crippen LogP contribution in [-0.4, -0.2) is 9.13 Å².